The van der Waals surface area contributed by atoms with Crippen molar-refractivity contribution in [3.63, 3.8) is 0 Å². The molecule has 0 radical (unpaired) electrons. The summed E-state index contributed by atoms with van der Waals surface area (Å²) in [6, 6.07) is 0. The lowest BCUT2D eigenvalue weighted by Crippen LogP contribution is -2.42. The van der Waals surface area contributed by atoms with E-state index in [0.717, 1.165) is 6.42 Å². The first-order chi connectivity index (χ1) is 4.52. The van der Waals surface area contributed by atoms with Gasteiger partial charge in [-0.2, -0.15) is 8.42 Å². The highest BCUT2D eigenvalue weighted by atomic mass is 32.3. The molecule has 1 fully saturated rings. The van der Waals surface area contributed by atoms with Crippen molar-refractivity contribution >= 4 is 10.2 Å². The van der Waals surface area contributed by atoms with Crippen molar-refractivity contribution < 1.29 is 12.3 Å². The van der Waals surface area contributed by atoms with Gasteiger partial charge in [0.25, 0.3) is 0 Å². The van der Waals surface area contributed by atoms with E-state index in [-0.39, 0.29) is 0 Å². The molecule has 0 atom stereocenters. The summed E-state index contributed by atoms with van der Waals surface area (Å²) in [4.78, 5) is 0. The molecule has 10 heavy (non-hydrogen) atoms. The number of rotatable bonds is 2. The van der Waals surface area contributed by atoms with Gasteiger partial charge in [-0.05, 0) is 19.3 Å². The minimum Gasteiger partial charge on any atom is -0.194 e. The molecule has 0 saturated heterocycles. The zero-order valence-corrected chi connectivity index (χ0v) is 6.75. The molecule has 2 nitrogen and oxygen atoms in total. The van der Waals surface area contributed by atoms with Crippen LogP contribution in [0.3, 0.4) is 0 Å². The van der Waals surface area contributed by atoms with E-state index < -0.39 is 15.0 Å². The molecule has 0 aromatic heterocycles. The second kappa shape index (κ2) is 2.19. The Morgan fingerprint density at radius 1 is 1.50 bits per heavy atom. The summed E-state index contributed by atoms with van der Waals surface area (Å²) in [5.41, 5.74) is 0. The third-order valence-electron chi connectivity index (χ3n) is 2.43. The van der Waals surface area contributed by atoms with Crippen molar-refractivity contribution in [1.29, 1.82) is 0 Å². The van der Waals surface area contributed by atoms with Crippen LogP contribution in [0.4, 0.5) is 3.89 Å². The molecule has 0 unspecified atom stereocenters. The van der Waals surface area contributed by atoms with Crippen LogP contribution in [0.15, 0.2) is 0 Å². The van der Waals surface area contributed by atoms with Crippen LogP contribution >= 0.6 is 0 Å². The van der Waals surface area contributed by atoms with Crippen molar-refractivity contribution in [2.45, 2.75) is 37.4 Å². The Labute approximate surface area is 60.6 Å². The minimum absolute atomic E-state index is 0.409. The lowest BCUT2D eigenvalue weighted by molar-refractivity contribution is 0.314. The van der Waals surface area contributed by atoms with Crippen LogP contribution in [-0.4, -0.2) is 13.2 Å². The monoisotopic (exact) mass is 166 g/mol. The maximum Gasteiger partial charge on any atom is 0.308 e. The Kier molecular flexibility index (Phi) is 1.75. The second-order valence-electron chi connectivity index (χ2n) is 2.83. The van der Waals surface area contributed by atoms with E-state index in [0.29, 0.717) is 19.3 Å². The van der Waals surface area contributed by atoms with Gasteiger partial charge in [0, 0.05) is 0 Å². The van der Waals surface area contributed by atoms with Gasteiger partial charge in [0.1, 0.15) is 4.75 Å². The number of halogens is 1. The van der Waals surface area contributed by atoms with Crippen LogP contribution in [0.5, 0.6) is 0 Å². The maximum atomic E-state index is 12.5. The number of hydrogen-bond acceptors (Lipinski definition) is 2. The maximum absolute atomic E-state index is 12.5. The zero-order chi connectivity index (χ0) is 7.83. The van der Waals surface area contributed by atoms with Gasteiger partial charge in [-0.1, -0.05) is 13.3 Å². The fourth-order valence-corrected chi connectivity index (χ4v) is 2.46. The van der Waals surface area contributed by atoms with E-state index in [1.54, 1.807) is 6.92 Å². The van der Waals surface area contributed by atoms with Gasteiger partial charge < -0.3 is 0 Å². The fraction of sp³-hybridized carbons (Fsp3) is 1.00. The molecule has 1 aliphatic carbocycles. The average molecular weight is 166 g/mol. The molecule has 60 valence electrons. The smallest absolute Gasteiger partial charge is 0.194 e. The predicted molar refractivity (Wildman–Crippen MR) is 36.9 cm³/mol. The van der Waals surface area contributed by atoms with Crippen LogP contribution in [0.25, 0.3) is 0 Å². The summed E-state index contributed by atoms with van der Waals surface area (Å²) in [5, 5.41) is 0. The SMILES string of the molecule is CCC1(S(=O)(=O)F)CCC1. The molecule has 0 aromatic rings. The van der Waals surface area contributed by atoms with Crippen molar-refractivity contribution in [2.75, 3.05) is 0 Å². The van der Waals surface area contributed by atoms with Gasteiger partial charge in [0.2, 0.25) is 0 Å². The molecule has 0 spiro atoms. The quantitative estimate of drug-likeness (QED) is 0.584. The molecule has 0 aromatic carbocycles. The normalized spacial score (nSPS) is 23.8. The van der Waals surface area contributed by atoms with Crippen molar-refractivity contribution in [3.05, 3.63) is 0 Å². The van der Waals surface area contributed by atoms with Crippen LogP contribution in [-0.2, 0) is 10.2 Å². The third kappa shape index (κ3) is 0.944. The van der Waals surface area contributed by atoms with E-state index in [9.17, 15) is 12.3 Å². The summed E-state index contributed by atoms with van der Waals surface area (Å²) < 4.78 is 32.5. The standard InChI is InChI=1S/C6H11FO2S/c1-2-6(4-3-5-6)10(7,8)9/h2-5H2,1H3. The molecule has 1 saturated carbocycles. The molecule has 0 N–H and O–H groups in total. The van der Waals surface area contributed by atoms with E-state index >= 15 is 0 Å². The first-order valence-corrected chi connectivity index (χ1v) is 4.84. The topological polar surface area (TPSA) is 34.1 Å². The Bertz CT molecular complexity index is 210. The van der Waals surface area contributed by atoms with Crippen LogP contribution in [0, 0.1) is 0 Å². The largest absolute Gasteiger partial charge is 0.308 e. The summed E-state index contributed by atoms with van der Waals surface area (Å²) in [7, 11) is -4.28. The highest BCUT2D eigenvalue weighted by molar-refractivity contribution is 7.87. The molecular formula is C6H11FO2S. The Morgan fingerprint density at radius 2 is 2.00 bits per heavy atom. The van der Waals surface area contributed by atoms with E-state index in [2.05, 4.69) is 0 Å². The van der Waals surface area contributed by atoms with E-state index in [4.69, 9.17) is 0 Å². The zero-order valence-electron chi connectivity index (χ0n) is 5.93. The van der Waals surface area contributed by atoms with Gasteiger partial charge in [-0.15, -0.1) is 3.89 Å². The summed E-state index contributed by atoms with van der Waals surface area (Å²) in [6.07, 6.45) is 2.26. The molecule has 0 heterocycles. The Morgan fingerprint density at radius 3 is 2.00 bits per heavy atom. The average Bonchev–Trinajstić information content (AvgIpc) is 1.58. The van der Waals surface area contributed by atoms with Crippen molar-refractivity contribution in [1.82, 2.24) is 0 Å². The van der Waals surface area contributed by atoms with E-state index in [1.165, 1.54) is 0 Å². The van der Waals surface area contributed by atoms with E-state index in [1.807, 2.05) is 0 Å². The predicted octanol–water partition coefficient (Wildman–Crippen LogP) is 1.62. The first kappa shape index (κ1) is 7.98. The fourth-order valence-electron chi connectivity index (χ4n) is 1.34. The Balaban J connectivity index is 2.85. The summed E-state index contributed by atoms with van der Waals surface area (Å²) >= 11 is 0. The van der Waals surface area contributed by atoms with Crippen LogP contribution in [0.1, 0.15) is 32.6 Å². The first-order valence-electron chi connectivity index (χ1n) is 3.46. The lowest BCUT2D eigenvalue weighted by atomic mass is 9.82. The Hall–Kier alpha value is -0.120. The molecule has 0 bridgehead atoms. The van der Waals surface area contributed by atoms with Gasteiger partial charge in [-0.25, -0.2) is 0 Å². The molecule has 0 amide bonds. The molecule has 4 heteroatoms. The molecule has 1 rings (SSSR count). The van der Waals surface area contributed by atoms with Gasteiger partial charge in [0.05, 0.1) is 0 Å². The highest BCUT2D eigenvalue weighted by Gasteiger charge is 2.47. The lowest BCUT2D eigenvalue weighted by Gasteiger charge is -2.36. The molecular weight excluding hydrogens is 155 g/mol. The molecule has 1 aliphatic rings. The van der Waals surface area contributed by atoms with Gasteiger partial charge >= 0.3 is 10.2 Å². The molecule has 0 aliphatic heterocycles. The van der Waals surface area contributed by atoms with Gasteiger partial charge in [-0.3, -0.25) is 0 Å². The van der Waals surface area contributed by atoms with Crippen molar-refractivity contribution in [3.8, 4) is 0 Å². The summed E-state index contributed by atoms with van der Waals surface area (Å²) in [5.74, 6) is 0. The third-order valence-corrected chi connectivity index (χ3v) is 4.16. The van der Waals surface area contributed by atoms with Crippen LogP contribution in [0.2, 0.25) is 0 Å². The van der Waals surface area contributed by atoms with Crippen molar-refractivity contribution in [2.24, 2.45) is 0 Å². The summed E-state index contributed by atoms with van der Waals surface area (Å²) in [6.45, 7) is 1.72. The van der Waals surface area contributed by atoms with Gasteiger partial charge in [0.15, 0.2) is 0 Å². The number of hydrogen-bond donors (Lipinski definition) is 0. The second-order valence-corrected chi connectivity index (χ2v) is 4.57. The highest BCUT2D eigenvalue weighted by Crippen LogP contribution is 2.42. The van der Waals surface area contributed by atoms with Crippen LogP contribution < -0.4 is 0 Å². The minimum atomic E-state index is -4.28.